The Labute approximate surface area is 217 Å². The van der Waals surface area contributed by atoms with Gasteiger partial charge in [0, 0.05) is 12.5 Å². The van der Waals surface area contributed by atoms with Crippen LogP contribution >= 0.6 is 0 Å². The third kappa shape index (κ3) is 6.90. The Morgan fingerprint density at radius 1 is 1.05 bits per heavy atom. The SMILES string of the molecule is CCOC(=O)CCC(NC(=O)c1c(F)cc(NCc2cnc3ccccc3n2)c(F)c1OC)C(=O)OCC. The lowest BCUT2D eigenvalue weighted by atomic mass is 10.1. The summed E-state index contributed by atoms with van der Waals surface area (Å²) in [7, 11) is 1.08. The number of anilines is 1. The highest BCUT2D eigenvalue weighted by Gasteiger charge is 2.29. The molecule has 2 N–H and O–H groups in total. The van der Waals surface area contributed by atoms with Crippen molar-refractivity contribution < 1.29 is 37.4 Å². The second kappa shape index (κ2) is 13.3. The zero-order valence-electron chi connectivity index (χ0n) is 21.2. The van der Waals surface area contributed by atoms with Crippen molar-refractivity contribution in [3.63, 3.8) is 0 Å². The molecule has 0 bridgehead atoms. The molecule has 10 nitrogen and oxygen atoms in total. The molecule has 3 aromatic rings. The number of nitrogens with zero attached hydrogens (tertiary/aromatic N) is 2. The Morgan fingerprint density at radius 3 is 2.45 bits per heavy atom. The zero-order valence-corrected chi connectivity index (χ0v) is 21.2. The van der Waals surface area contributed by atoms with E-state index in [9.17, 15) is 14.4 Å². The molecule has 0 aliphatic carbocycles. The monoisotopic (exact) mass is 530 g/mol. The minimum Gasteiger partial charge on any atom is -0.493 e. The van der Waals surface area contributed by atoms with Gasteiger partial charge in [-0.3, -0.25) is 14.6 Å². The number of carbonyl (C=O) groups is 3. The average molecular weight is 531 g/mol. The van der Waals surface area contributed by atoms with Gasteiger partial charge in [-0.05, 0) is 32.4 Å². The molecule has 1 aromatic heterocycles. The molecule has 38 heavy (non-hydrogen) atoms. The van der Waals surface area contributed by atoms with Crippen molar-refractivity contribution in [1.82, 2.24) is 15.3 Å². The number of para-hydroxylation sites is 2. The van der Waals surface area contributed by atoms with Crippen LogP contribution in [0.3, 0.4) is 0 Å². The van der Waals surface area contributed by atoms with E-state index in [-0.39, 0.29) is 38.3 Å². The maximum absolute atomic E-state index is 15.3. The predicted molar refractivity (Wildman–Crippen MR) is 134 cm³/mol. The molecule has 0 saturated carbocycles. The molecule has 1 atom stereocenters. The number of fused-ring (bicyclic) bond motifs is 1. The van der Waals surface area contributed by atoms with Crippen LogP contribution in [0.1, 0.15) is 42.7 Å². The van der Waals surface area contributed by atoms with Gasteiger partial charge in [0.25, 0.3) is 5.91 Å². The molecule has 0 radical (unpaired) electrons. The van der Waals surface area contributed by atoms with Crippen molar-refractivity contribution in [3.8, 4) is 5.75 Å². The first-order valence-electron chi connectivity index (χ1n) is 11.9. The van der Waals surface area contributed by atoms with Gasteiger partial charge >= 0.3 is 11.9 Å². The third-order valence-electron chi connectivity index (χ3n) is 5.38. The highest BCUT2D eigenvalue weighted by Crippen LogP contribution is 2.32. The Hall–Kier alpha value is -4.35. The lowest BCUT2D eigenvalue weighted by molar-refractivity contribution is -0.146. The summed E-state index contributed by atoms with van der Waals surface area (Å²) in [5.41, 5.74) is 0.792. The van der Waals surface area contributed by atoms with Crippen LogP contribution < -0.4 is 15.4 Å². The van der Waals surface area contributed by atoms with E-state index >= 15 is 8.78 Å². The quantitative estimate of drug-likeness (QED) is 0.338. The Bertz CT molecular complexity index is 1320. The van der Waals surface area contributed by atoms with Crippen LogP contribution in [0.15, 0.2) is 36.5 Å². The van der Waals surface area contributed by atoms with Gasteiger partial charge in [-0.25, -0.2) is 18.6 Å². The topological polar surface area (TPSA) is 129 Å². The number of carbonyl (C=O) groups excluding carboxylic acids is 3. The predicted octanol–water partition coefficient (Wildman–Crippen LogP) is 3.53. The van der Waals surface area contributed by atoms with Crippen LogP contribution in [0.5, 0.6) is 5.75 Å². The van der Waals surface area contributed by atoms with Crippen LogP contribution in [-0.4, -0.2) is 54.2 Å². The lowest BCUT2D eigenvalue weighted by Gasteiger charge is -2.19. The standard InChI is InChI=1S/C26H28F2N4O6/c1-4-37-21(33)11-10-19(26(35)38-5-2)32-25(34)22-16(27)12-20(23(28)24(22)36-3)30-14-15-13-29-17-8-6-7-9-18(17)31-15/h6-9,12-13,19,30H,4-5,10-11,14H2,1-3H3,(H,32,34). The summed E-state index contributed by atoms with van der Waals surface area (Å²) in [6, 6.07) is 6.71. The summed E-state index contributed by atoms with van der Waals surface area (Å²) in [4.78, 5) is 45.7. The number of benzene rings is 2. The largest absolute Gasteiger partial charge is 0.493 e. The number of ether oxygens (including phenoxy) is 3. The molecule has 0 fully saturated rings. The Morgan fingerprint density at radius 2 is 1.76 bits per heavy atom. The van der Waals surface area contributed by atoms with Gasteiger partial charge in [-0.15, -0.1) is 0 Å². The molecule has 0 aliphatic heterocycles. The molecule has 0 aliphatic rings. The molecular formula is C26H28F2N4O6. The summed E-state index contributed by atoms with van der Waals surface area (Å²) >= 11 is 0. The highest BCUT2D eigenvalue weighted by molar-refractivity contribution is 6.00. The van der Waals surface area contributed by atoms with Crippen LogP contribution in [0, 0.1) is 11.6 Å². The summed E-state index contributed by atoms with van der Waals surface area (Å²) in [5, 5.41) is 5.05. The van der Waals surface area contributed by atoms with Crippen LogP contribution in [0.25, 0.3) is 11.0 Å². The second-order valence-corrected chi connectivity index (χ2v) is 7.95. The second-order valence-electron chi connectivity index (χ2n) is 7.95. The van der Waals surface area contributed by atoms with E-state index < -0.39 is 46.8 Å². The van der Waals surface area contributed by atoms with E-state index in [0.717, 1.165) is 13.2 Å². The van der Waals surface area contributed by atoms with Gasteiger partial charge in [0.15, 0.2) is 11.6 Å². The average Bonchev–Trinajstić information content (AvgIpc) is 2.90. The van der Waals surface area contributed by atoms with Crippen LogP contribution in [0.4, 0.5) is 14.5 Å². The van der Waals surface area contributed by atoms with Crippen molar-refractivity contribution in [3.05, 3.63) is 59.4 Å². The molecular weight excluding hydrogens is 502 g/mol. The summed E-state index contributed by atoms with van der Waals surface area (Å²) in [6.45, 7) is 3.36. The van der Waals surface area contributed by atoms with E-state index in [1.165, 1.54) is 6.20 Å². The fraction of sp³-hybridized carbons (Fsp3) is 0.346. The van der Waals surface area contributed by atoms with Crippen molar-refractivity contribution in [2.45, 2.75) is 39.3 Å². The first-order valence-corrected chi connectivity index (χ1v) is 11.9. The number of nitrogens with one attached hydrogen (secondary N) is 2. The molecule has 3 rings (SSSR count). The number of aromatic nitrogens is 2. The zero-order chi connectivity index (χ0) is 27.7. The summed E-state index contributed by atoms with van der Waals surface area (Å²) < 4.78 is 45.2. The van der Waals surface area contributed by atoms with Crippen LogP contribution in [0.2, 0.25) is 0 Å². The smallest absolute Gasteiger partial charge is 0.328 e. The van der Waals surface area contributed by atoms with E-state index in [0.29, 0.717) is 16.7 Å². The van der Waals surface area contributed by atoms with Gasteiger partial charge in [0.1, 0.15) is 17.4 Å². The lowest BCUT2D eigenvalue weighted by Crippen LogP contribution is -2.42. The minimum atomic E-state index is -1.30. The number of amides is 1. The molecule has 1 amide bonds. The summed E-state index contributed by atoms with van der Waals surface area (Å²) in [5.74, 6) is -5.32. The van der Waals surface area contributed by atoms with E-state index in [2.05, 4.69) is 20.6 Å². The fourth-order valence-electron chi connectivity index (χ4n) is 3.62. The molecule has 202 valence electrons. The normalized spacial score (nSPS) is 11.5. The summed E-state index contributed by atoms with van der Waals surface area (Å²) in [6.07, 6.45) is 1.14. The third-order valence-corrected chi connectivity index (χ3v) is 5.38. The maximum atomic E-state index is 15.3. The molecule has 0 saturated heterocycles. The molecule has 1 unspecified atom stereocenters. The number of methoxy groups -OCH3 is 1. The number of esters is 2. The van der Waals surface area contributed by atoms with Crippen molar-refractivity contribution in [1.29, 1.82) is 0 Å². The highest BCUT2D eigenvalue weighted by atomic mass is 19.1. The van der Waals surface area contributed by atoms with E-state index in [4.69, 9.17) is 14.2 Å². The number of rotatable bonds is 12. The minimum absolute atomic E-state index is 0.0128. The first-order chi connectivity index (χ1) is 18.3. The van der Waals surface area contributed by atoms with Gasteiger partial charge in [-0.1, -0.05) is 12.1 Å². The number of halogens is 2. The molecule has 2 aromatic carbocycles. The Kier molecular flexibility index (Phi) is 9.85. The van der Waals surface area contributed by atoms with Crippen molar-refractivity contribution in [2.75, 3.05) is 25.6 Å². The number of hydrogen-bond acceptors (Lipinski definition) is 9. The fourth-order valence-corrected chi connectivity index (χ4v) is 3.62. The first kappa shape index (κ1) is 28.2. The number of hydrogen-bond donors (Lipinski definition) is 2. The molecule has 0 spiro atoms. The molecule has 12 heteroatoms. The molecule has 1 heterocycles. The van der Waals surface area contributed by atoms with Crippen molar-refractivity contribution >= 4 is 34.6 Å². The van der Waals surface area contributed by atoms with Gasteiger partial charge in [0.05, 0.1) is 55.5 Å². The Balaban J connectivity index is 1.80. The maximum Gasteiger partial charge on any atom is 0.328 e. The van der Waals surface area contributed by atoms with E-state index in [1.54, 1.807) is 32.0 Å². The van der Waals surface area contributed by atoms with Crippen LogP contribution in [-0.2, 0) is 25.6 Å². The van der Waals surface area contributed by atoms with Crippen molar-refractivity contribution in [2.24, 2.45) is 0 Å². The van der Waals surface area contributed by atoms with E-state index in [1.807, 2.05) is 6.07 Å². The van der Waals surface area contributed by atoms with Gasteiger partial charge < -0.3 is 24.8 Å². The van der Waals surface area contributed by atoms with Gasteiger partial charge in [-0.2, -0.15) is 0 Å². The van der Waals surface area contributed by atoms with Gasteiger partial charge in [0.2, 0.25) is 0 Å².